The van der Waals surface area contributed by atoms with E-state index in [1.807, 2.05) is 0 Å². The highest BCUT2D eigenvalue weighted by molar-refractivity contribution is 7.89. The molecule has 0 aliphatic carbocycles. The fraction of sp³-hybridized carbons (Fsp3) is 0.889. The summed E-state index contributed by atoms with van der Waals surface area (Å²) in [5.74, 6) is -0.240. The molecule has 1 heterocycles. The van der Waals surface area contributed by atoms with Crippen molar-refractivity contribution >= 4 is 15.8 Å². The van der Waals surface area contributed by atoms with Gasteiger partial charge in [0, 0.05) is 6.61 Å². The molecule has 0 aromatic rings. The molecule has 5 nitrogen and oxygen atoms in total. The lowest BCUT2D eigenvalue weighted by Gasteiger charge is -2.14. The van der Waals surface area contributed by atoms with Crippen LogP contribution in [0.3, 0.4) is 0 Å². The van der Waals surface area contributed by atoms with Gasteiger partial charge in [-0.25, -0.2) is 13.1 Å². The third-order valence-electron chi connectivity index (χ3n) is 2.40. The standard InChI is InChI=1S/C9H17NO4S/c1-7(8(2)11)10-15(12,13)6-9-4-3-5-14-9/h7,9-10H,3-6H2,1-2H3. The lowest BCUT2D eigenvalue weighted by Crippen LogP contribution is -2.40. The predicted molar refractivity (Wildman–Crippen MR) is 56.0 cm³/mol. The highest BCUT2D eigenvalue weighted by Crippen LogP contribution is 2.13. The first-order chi connectivity index (χ1) is 6.91. The number of hydrogen-bond acceptors (Lipinski definition) is 4. The number of ether oxygens (including phenoxy) is 1. The number of rotatable bonds is 5. The van der Waals surface area contributed by atoms with E-state index >= 15 is 0 Å². The van der Waals surface area contributed by atoms with E-state index in [-0.39, 0.29) is 17.6 Å². The lowest BCUT2D eigenvalue weighted by molar-refractivity contribution is -0.118. The molecule has 88 valence electrons. The maximum atomic E-state index is 11.6. The first kappa shape index (κ1) is 12.6. The SMILES string of the molecule is CC(=O)C(C)NS(=O)(=O)CC1CCCO1. The van der Waals surface area contributed by atoms with Crippen molar-refractivity contribution in [3.8, 4) is 0 Å². The van der Waals surface area contributed by atoms with Crippen LogP contribution in [0.15, 0.2) is 0 Å². The molecule has 15 heavy (non-hydrogen) atoms. The summed E-state index contributed by atoms with van der Waals surface area (Å²) in [7, 11) is -3.41. The Bertz CT molecular complexity index is 319. The molecule has 1 fully saturated rings. The molecule has 0 aromatic carbocycles. The summed E-state index contributed by atoms with van der Waals surface area (Å²) in [6.07, 6.45) is 1.46. The molecule has 1 rings (SSSR count). The first-order valence-electron chi connectivity index (χ1n) is 5.03. The number of ketones is 1. The van der Waals surface area contributed by atoms with Crippen molar-refractivity contribution in [2.45, 2.75) is 38.8 Å². The zero-order valence-corrected chi connectivity index (χ0v) is 9.84. The number of carbonyl (C=O) groups excluding carboxylic acids is 1. The molecule has 1 aliphatic heterocycles. The largest absolute Gasteiger partial charge is 0.377 e. The van der Waals surface area contributed by atoms with Gasteiger partial charge in [-0.3, -0.25) is 4.79 Å². The summed E-state index contributed by atoms with van der Waals surface area (Å²) >= 11 is 0. The van der Waals surface area contributed by atoms with Crippen LogP contribution < -0.4 is 4.72 Å². The summed E-state index contributed by atoms with van der Waals surface area (Å²) in [5, 5.41) is 0. The van der Waals surface area contributed by atoms with Crippen molar-refractivity contribution in [3.05, 3.63) is 0 Å². The van der Waals surface area contributed by atoms with Gasteiger partial charge in [-0.15, -0.1) is 0 Å². The van der Waals surface area contributed by atoms with E-state index in [2.05, 4.69) is 4.72 Å². The van der Waals surface area contributed by atoms with Gasteiger partial charge in [0.1, 0.15) is 5.78 Å². The zero-order chi connectivity index (χ0) is 11.5. The molecule has 0 radical (unpaired) electrons. The number of nitrogens with one attached hydrogen (secondary N) is 1. The minimum absolute atomic E-state index is 0.0510. The number of Topliss-reactive ketones (excluding diaryl/α,β-unsaturated/α-hetero) is 1. The van der Waals surface area contributed by atoms with Crippen molar-refractivity contribution in [3.63, 3.8) is 0 Å². The molecule has 1 saturated heterocycles. The fourth-order valence-corrected chi connectivity index (χ4v) is 2.97. The second kappa shape index (κ2) is 5.05. The molecule has 1 aliphatic rings. The fourth-order valence-electron chi connectivity index (χ4n) is 1.42. The molecule has 0 amide bonds. The third-order valence-corrected chi connectivity index (χ3v) is 3.92. The van der Waals surface area contributed by atoms with Crippen molar-refractivity contribution in [1.29, 1.82) is 0 Å². The summed E-state index contributed by atoms with van der Waals surface area (Å²) in [6, 6.07) is -0.656. The van der Waals surface area contributed by atoms with Crippen LogP contribution in [0.25, 0.3) is 0 Å². The lowest BCUT2D eigenvalue weighted by atomic mass is 10.3. The Morgan fingerprint density at radius 1 is 1.60 bits per heavy atom. The molecule has 2 unspecified atom stereocenters. The van der Waals surface area contributed by atoms with Crippen LogP contribution in [-0.2, 0) is 19.6 Å². The van der Waals surface area contributed by atoms with Gasteiger partial charge in [-0.2, -0.15) is 0 Å². The van der Waals surface area contributed by atoms with Crippen LogP contribution in [0.4, 0.5) is 0 Å². The maximum Gasteiger partial charge on any atom is 0.214 e. The van der Waals surface area contributed by atoms with Crippen LogP contribution in [0.1, 0.15) is 26.7 Å². The smallest absolute Gasteiger partial charge is 0.214 e. The average molecular weight is 235 g/mol. The van der Waals surface area contributed by atoms with Gasteiger partial charge in [-0.05, 0) is 26.7 Å². The number of hydrogen-bond donors (Lipinski definition) is 1. The monoisotopic (exact) mass is 235 g/mol. The highest BCUT2D eigenvalue weighted by atomic mass is 32.2. The average Bonchev–Trinajstić information content (AvgIpc) is 2.54. The maximum absolute atomic E-state index is 11.6. The van der Waals surface area contributed by atoms with Crippen molar-refractivity contribution < 1.29 is 17.9 Å². The quantitative estimate of drug-likeness (QED) is 0.731. The molecule has 0 aromatic heterocycles. The first-order valence-corrected chi connectivity index (χ1v) is 6.68. The highest BCUT2D eigenvalue weighted by Gasteiger charge is 2.25. The molecular weight excluding hydrogens is 218 g/mol. The van der Waals surface area contributed by atoms with Crippen LogP contribution in [-0.4, -0.2) is 38.7 Å². The van der Waals surface area contributed by atoms with Crippen molar-refractivity contribution in [2.24, 2.45) is 0 Å². The van der Waals surface area contributed by atoms with E-state index in [9.17, 15) is 13.2 Å². The van der Waals surface area contributed by atoms with Gasteiger partial charge < -0.3 is 4.74 Å². The Morgan fingerprint density at radius 2 is 2.27 bits per heavy atom. The van der Waals surface area contributed by atoms with E-state index in [0.29, 0.717) is 6.61 Å². The van der Waals surface area contributed by atoms with Crippen LogP contribution in [0, 0.1) is 0 Å². The molecule has 0 bridgehead atoms. The summed E-state index contributed by atoms with van der Waals surface area (Å²) < 4.78 is 30.7. The van der Waals surface area contributed by atoms with Gasteiger partial charge in [-0.1, -0.05) is 0 Å². The molecule has 6 heteroatoms. The zero-order valence-electron chi connectivity index (χ0n) is 9.02. The van der Waals surface area contributed by atoms with Crippen LogP contribution in [0.2, 0.25) is 0 Å². The Morgan fingerprint density at radius 3 is 2.73 bits per heavy atom. The summed E-state index contributed by atoms with van der Waals surface area (Å²) in [5.41, 5.74) is 0. The third kappa shape index (κ3) is 4.27. The second-order valence-corrected chi connectivity index (χ2v) is 5.67. The van der Waals surface area contributed by atoms with E-state index in [4.69, 9.17) is 4.74 Å². The second-order valence-electron chi connectivity index (χ2n) is 3.87. The molecule has 0 saturated carbocycles. The van der Waals surface area contributed by atoms with Gasteiger partial charge in [0.05, 0.1) is 17.9 Å². The van der Waals surface area contributed by atoms with Crippen LogP contribution >= 0.6 is 0 Å². The minimum atomic E-state index is -3.41. The van der Waals surface area contributed by atoms with Gasteiger partial charge in [0.2, 0.25) is 10.0 Å². The summed E-state index contributed by atoms with van der Waals surface area (Å²) in [6.45, 7) is 3.52. The Kier molecular flexibility index (Phi) is 4.24. The Labute approximate surface area is 90.2 Å². The minimum Gasteiger partial charge on any atom is -0.377 e. The Balaban J connectivity index is 2.47. The molecule has 2 atom stereocenters. The molecule has 1 N–H and O–H groups in total. The normalized spacial score (nSPS) is 24.0. The number of carbonyl (C=O) groups is 1. The van der Waals surface area contributed by atoms with Crippen molar-refractivity contribution in [1.82, 2.24) is 4.72 Å². The van der Waals surface area contributed by atoms with Crippen LogP contribution in [0.5, 0.6) is 0 Å². The molecular formula is C9H17NO4S. The Hall–Kier alpha value is -0.460. The van der Waals surface area contributed by atoms with Gasteiger partial charge >= 0.3 is 0 Å². The topological polar surface area (TPSA) is 72.5 Å². The van der Waals surface area contributed by atoms with E-state index < -0.39 is 16.1 Å². The summed E-state index contributed by atoms with van der Waals surface area (Å²) in [4.78, 5) is 10.9. The van der Waals surface area contributed by atoms with Gasteiger partial charge in [0.15, 0.2) is 0 Å². The number of sulfonamides is 1. The van der Waals surface area contributed by atoms with E-state index in [1.54, 1.807) is 0 Å². The van der Waals surface area contributed by atoms with E-state index in [0.717, 1.165) is 12.8 Å². The predicted octanol–water partition coefficient (Wildman–Crippen LogP) is 0.0623. The van der Waals surface area contributed by atoms with Gasteiger partial charge in [0.25, 0.3) is 0 Å². The molecule has 0 spiro atoms. The van der Waals surface area contributed by atoms with E-state index in [1.165, 1.54) is 13.8 Å². The van der Waals surface area contributed by atoms with Crippen molar-refractivity contribution in [2.75, 3.05) is 12.4 Å².